The van der Waals surface area contributed by atoms with Crippen molar-refractivity contribution in [1.82, 2.24) is 0 Å². The van der Waals surface area contributed by atoms with Crippen molar-refractivity contribution in [1.29, 1.82) is 0 Å². The molecule has 46 heavy (non-hydrogen) atoms. The molecule has 5 heteroatoms. The van der Waals surface area contributed by atoms with Crippen molar-refractivity contribution in [2.75, 3.05) is 4.90 Å². The second-order valence-corrected chi connectivity index (χ2v) is 15.8. The second-order valence-electron chi connectivity index (χ2n) is 12.0. The van der Waals surface area contributed by atoms with Gasteiger partial charge in [-0.15, -0.1) is 0 Å². The number of hydrogen-bond acceptors (Lipinski definition) is 3. The topological polar surface area (TPSA) is 46.6 Å². The summed E-state index contributed by atoms with van der Waals surface area (Å²) in [6, 6.07) is 49.4. The molecule has 0 fully saturated rings. The van der Waals surface area contributed by atoms with Gasteiger partial charge in [-0.3, -0.25) is 0 Å². The number of imide groups is 1. The second kappa shape index (κ2) is 11.9. The zero-order valence-corrected chi connectivity index (χ0v) is 27.0. The van der Waals surface area contributed by atoms with Crippen LogP contribution in [0.5, 0.6) is 11.5 Å². The third-order valence-corrected chi connectivity index (χ3v) is 13.6. The Hall–Kier alpha value is -5.31. The number of ether oxygens (including phenoxy) is 1. The Morgan fingerprint density at radius 2 is 0.870 bits per heavy atom. The van der Waals surface area contributed by atoms with Gasteiger partial charge in [0.2, 0.25) is 0 Å². The van der Waals surface area contributed by atoms with E-state index in [1.807, 2.05) is 30.3 Å². The molecule has 0 aliphatic carbocycles. The summed E-state index contributed by atoms with van der Waals surface area (Å²) in [5, 5.41) is 5.17. The zero-order valence-electron chi connectivity index (χ0n) is 26.0. The summed E-state index contributed by atoms with van der Waals surface area (Å²) in [6.07, 6.45) is 0. The van der Waals surface area contributed by atoms with Gasteiger partial charge in [-0.1, -0.05) is 18.2 Å². The number of carbonyl (C=O) groups is 2. The van der Waals surface area contributed by atoms with Crippen LogP contribution < -0.4 is 30.9 Å². The fourth-order valence-corrected chi connectivity index (χ4v) is 11.1. The van der Waals surface area contributed by atoms with Crippen LogP contribution in [-0.2, 0) is 0 Å². The van der Waals surface area contributed by atoms with Gasteiger partial charge in [0.15, 0.2) is 0 Å². The van der Waals surface area contributed by atoms with E-state index in [4.69, 9.17) is 4.74 Å². The first-order chi connectivity index (χ1) is 22.3. The molecular weight excluding hydrogens is 585 g/mol. The fourth-order valence-electron chi connectivity index (χ4n) is 6.41. The minimum atomic E-state index is -2.70. The molecule has 0 spiro atoms. The Bertz CT molecular complexity index is 1940. The predicted molar refractivity (Wildman–Crippen MR) is 191 cm³/mol. The van der Waals surface area contributed by atoms with Gasteiger partial charge in [-0.25, -0.2) is 0 Å². The number of amides is 2. The fraction of sp³-hybridized carbons (Fsp3) is 0.0732. The molecule has 6 aromatic rings. The first-order valence-corrected chi connectivity index (χ1v) is 17.4. The molecule has 2 amide bonds. The van der Waals surface area contributed by atoms with Crippen molar-refractivity contribution in [2.45, 2.75) is 20.8 Å². The quantitative estimate of drug-likeness (QED) is 0.137. The number of para-hydroxylation sites is 1. The number of anilines is 1. The van der Waals surface area contributed by atoms with Crippen LogP contribution >= 0.6 is 7.26 Å². The Balaban J connectivity index is 1.28. The van der Waals surface area contributed by atoms with Crippen LogP contribution in [0, 0.1) is 20.8 Å². The van der Waals surface area contributed by atoms with Crippen molar-refractivity contribution in [3.8, 4) is 11.5 Å². The third-order valence-electron chi connectivity index (χ3n) is 8.85. The first-order valence-electron chi connectivity index (χ1n) is 15.4. The van der Waals surface area contributed by atoms with Gasteiger partial charge in [-0.2, -0.15) is 0 Å². The number of hydrogen-bond donors (Lipinski definition) is 0. The number of rotatable bonds is 7. The number of benzene rings is 6. The monoisotopic (exact) mass is 619 g/mol. The average molecular weight is 620 g/mol. The van der Waals surface area contributed by atoms with Crippen molar-refractivity contribution in [3.05, 3.63) is 173 Å². The molecule has 0 radical (unpaired) electrons. The number of aryl methyl sites for hydroxylation is 3. The van der Waals surface area contributed by atoms with E-state index in [-0.39, 0.29) is 11.8 Å². The van der Waals surface area contributed by atoms with Crippen molar-refractivity contribution < 1.29 is 14.3 Å². The van der Waals surface area contributed by atoms with Crippen molar-refractivity contribution >= 4 is 46.0 Å². The van der Waals surface area contributed by atoms with E-state index in [1.54, 1.807) is 30.3 Å². The number of carbonyl (C=O) groups excluding carboxylic acids is 2. The number of fused-ring (bicyclic) bond motifs is 1. The Kier molecular flexibility index (Phi) is 7.60. The van der Waals surface area contributed by atoms with Gasteiger partial charge < -0.3 is 0 Å². The normalized spacial score (nSPS) is 13.1. The Morgan fingerprint density at radius 3 is 1.35 bits per heavy atom. The van der Waals surface area contributed by atoms with Crippen molar-refractivity contribution in [3.63, 3.8) is 0 Å². The molecule has 4 nitrogen and oxygen atoms in total. The molecule has 0 saturated heterocycles. The summed E-state index contributed by atoms with van der Waals surface area (Å²) >= 11 is 0. The SMILES string of the molecule is Cc1ccc([PH](c2ccc(C)cc2)(c2ccc(C)cc2)c2ccc(Oc3ccc4c(c3)C(=O)N(c3ccccc3)C4=O)cc2)cc1. The molecule has 0 N–H and O–H groups in total. The van der Waals surface area contributed by atoms with Crippen LogP contribution in [0.15, 0.2) is 146 Å². The average Bonchev–Trinajstić information content (AvgIpc) is 3.33. The van der Waals surface area contributed by atoms with Gasteiger partial charge in [0.05, 0.1) is 0 Å². The van der Waals surface area contributed by atoms with Crippen LogP contribution in [0.1, 0.15) is 37.4 Å². The Labute approximate surface area is 270 Å². The summed E-state index contributed by atoms with van der Waals surface area (Å²) in [5.74, 6) is 0.477. The summed E-state index contributed by atoms with van der Waals surface area (Å²) in [4.78, 5) is 27.6. The van der Waals surface area contributed by atoms with E-state index in [9.17, 15) is 9.59 Å². The molecular formula is C41H34NO3P. The van der Waals surface area contributed by atoms with E-state index in [0.29, 0.717) is 28.3 Å². The van der Waals surface area contributed by atoms with Gasteiger partial charge >= 0.3 is 253 Å². The van der Waals surface area contributed by atoms with E-state index in [2.05, 4.69) is 106 Å². The molecule has 1 heterocycles. The molecule has 0 bridgehead atoms. The van der Waals surface area contributed by atoms with Gasteiger partial charge in [0.1, 0.15) is 0 Å². The molecule has 1 aliphatic rings. The molecule has 0 unspecified atom stereocenters. The van der Waals surface area contributed by atoms with Crippen LogP contribution in [-0.4, -0.2) is 11.8 Å². The third kappa shape index (κ3) is 5.11. The zero-order chi connectivity index (χ0) is 31.8. The molecule has 0 saturated carbocycles. The summed E-state index contributed by atoms with van der Waals surface area (Å²) < 4.78 is 6.29. The summed E-state index contributed by atoms with van der Waals surface area (Å²) in [7, 11) is -2.70. The van der Waals surface area contributed by atoms with Crippen molar-refractivity contribution in [2.24, 2.45) is 0 Å². The summed E-state index contributed by atoms with van der Waals surface area (Å²) in [5.41, 5.74) is 4.95. The first kappa shape index (κ1) is 29.4. The maximum absolute atomic E-state index is 13.3. The van der Waals surface area contributed by atoms with E-state index >= 15 is 0 Å². The molecule has 1 aliphatic heterocycles. The van der Waals surface area contributed by atoms with Crippen LogP contribution in [0.3, 0.4) is 0 Å². The van der Waals surface area contributed by atoms with Gasteiger partial charge in [-0.05, 0) is 0 Å². The van der Waals surface area contributed by atoms with Gasteiger partial charge in [0.25, 0.3) is 0 Å². The van der Waals surface area contributed by atoms with Crippen LogP contribution in [0.2, 0.25) is 0 Å². The molecule has 0 aromatic heterocycles. The maximum atomic E-state index is 13.3. The predicted octanol–water partition coefficient (Wildman–Crippen LogP) is 7.56. The molecule has 0 atom stereocenters. The standard InChI is InChI=1S/C41H34NO3P/c1-28-9-18-34(19-10-28)46(35-20-11-29(2)12-21-35,36-22-13-30(3)14-23-36)37-24-15-32(16-25-37)45-33-17-26-38-39(27-33)41(44)42(40(38)43)31-7-5-4-6-8-31/h4-27,46H,1-3H3. The van der Waals surface area contributed by atoms with Crippen LogP contribution in [0.4, 0.5) is 5.69 Å². The molecule has 6 aromatic carbocycles. The van der Waals surface area contributed by atoms with E-state index < -0.39 is 7.26 Å². The van der Waals surface area contributed by atoms with Gasteiger partial charge in [0, 0.05) is 0 Å². The Morgan fingerprint density at radius 1 is 0.457 bits per heavy atom. The molecule has 7 rings (SSSR count). The number of nitrogens with zero attached hydrogens (tertiary/aromatic N) is 1. The summed E-state index contributed by atoms with van der Waals surface area (Å²) in [6.45, 7) is 6.37. The van der Waals surface area contributed by atoms with Crippen LogP contribution in [0.25, 0.3) is 0 Å². The van der Waals surface area contributed by atoms with E-state index in [1.165, 1.54) is 42.8 Å². The molecule has 226 valence electrons. The van der Waals surface area contributed by atoms with E-state index in [0.717, 1.165) is 0 Å². The minimum absolute atomic E-state index is 0.327.